The second-order valence-corrected chi connectivity index (χ2v) is 3.87. The first-order chi connectivity index (χ1) is 7.63. The van der Waals surface area contributed by atoms with Gasteiger partial charge in [-0.25, -0.2) is 0 Å². The van der Waals surface area contributed by atoms with Gasteiger partial charge in [-0.3, -0.25) is 9.59 Å². The highest BCUT2D eigenvalue weighted by molar-refractivity contribution is 5.94. The molecule has 0 aromatic heterocycles. The van der Waals surface area contributed by atoms with Crippen molar-refractivity contribution in [3.05, 3.63) is 0 Å². The van der Waals surface area contributed by atoms with Gasteiger partial charge >= 0.3 is 5.97 Å². The van der Waals surface area contributed by atoms with Crippen molar-refractivity contribution in [3.63, 3.8) is 0 Å². The summed E-state index contributed by atoms with van der Waals surface area (Å²) in [7, 11) is 0. The van der Waals surface area contributed by atoms with Crippen LogP contribution < -0.4 is 0 Å². The Morgan fingerprint density at radius 2 is 1.35 bits per heavy atom. The number of carbonyl (C=O) groups is 2. The van der Waals surface area contributed by atoms with E-state index < -0.39 is 5.97 Å². The van der Waals surface area contributed by atoms with Gasteiger partial charge in [-0.1, -0.05) is 0 Å². The predicted molar refractivity (Wildman–Crippen MR) is 66.6 cm³/mol. The van der Waals surface area contributed by atoms with Crippen LogP contribution in [-0.2, 0) is 14.3 Å². The molecule has 0 radical (unpaired) electrons. The molecule has 17 heavy (non-hydrogen) atoms. The maximum Gasteiger partial charge on any atom is 0.313 e. The fraction of sp³-hybridized carbons (Fsp3) is 0.833. The molecule has 0 spiro atoms. The summed E-state index contributed by atoms with van der Waals surface area (Å²) in [6.07, 6.45) is -0.437. The van der Waals surface area contributed by atoms with Crippen molar-refractivity contribution in [1.82, 2.24) is 0 Å². The largest absolute Gasteiger partial charge is 0.466 e. The lowest BCUT2D eigenvalue weighted by atomic mass is 10.3. The van der Waals surface area contributed by atoms with Crippen molar-refractivity contribution >= 4 is 11.8 Å². The minimum atomic E-state index is -0.440. The minimum absolute atomic E-state index is 0.103. The molecule has 0 amide bonds. The monoisotopic (exact) mass is 250 g/mol. The molecule has 0 aromatic carbocycles. The van der Waals surface area contributed by atoms with Crippen molar-refractivity contribution in [2.45, 2.75) is 60.2 Å². The van der Waals surface area contributed by atoms with Gasteiger partial charge in [-0.2, -0.15) is 0 Å². The van der Waals surface area contributed by atoms with Gasteiger partial charge in [0.25, 0.3) is 0 Å². The van der Waals surface area contributed by atoms with E-state index in [-0.39, 0.29) is 24.4 Å². The predicted octanol–water partition coefficient (Wildman–Crippen LogP) is 1.30. The summed E-state index contributed by atoms with van der Waals surface area (Å²) in [6.45, 7) is 10.3. The Labute approximate surface area is 104 Å². The summed E-state index contributed by atoms with van der Waals surface area (Å²) in [6, 6.07) is 0. The molecule has 0 atom stereocenters. The van der Waals surface area contributed by atoms with Crippen molar-refractivity contribution < 1.29 is 24.5 Å². The van der Waals surface area contributed by atoms with E-state index >= 15 is 0 Å². The summed E-state index contributed by atoms with van der Waals surface area (Å²) in [5.74, 6) is -0.599. The smallest absolute Gasteiger partial charge is 0.313 e. The van der Waals surface area contributed by atoms with E-state index in [2.05, 4.69) is 4.74 Å². The van der Waals surface area contributed by atoms with Gasteiger partial charge < -0.3 is 14.9 Å². The second kappa shape index (κ2) is 15.1. The number of aliphatic hydroxyl groups excluding tert-OH is 2. The first kappa shape index (κ1) is 21.4. The third-order valence-corrected chi connectivity index (χ3v) is 0.699. The molecule has 0 unspecified atom stereocenters. The van der Waals surface area contributed by atoms with E-state index in [0.29, 0.717) is 6.61 Å². The zero-order valence-corrected chi connectivity index (χ0v) is 11.7. The van der Waals surface area contributed by atoms with Gasteiger partial charge in [0.2, 0.25) is 0 Å². The maximum atomic E-state index is 10.4. The molecule has 0 aliphatic rings. The highest BCUT2D eigenvalue weighted by atomic mass is 16.5. The first-order valence-electron chi connectivity index (χ1n) is 5.64. The third-order valence-electron chi connectivity index (χ3n) is 0.699. The average molecular weight is 250 g/mol. The Balaban J connectivity index is -0.000000205. The molecule has 0 aliphatic heterocycles. The van der Waals surface area contributed by atoms with Crippen LogP contribution >= 0.6 is 0 Å². The van der Waals surface area contributed by atoms with Crippen LogP contribution in [0.1, 0.15) is 48.0 Å². The Morgan fingerprint density at radius 1 is 1.06 bits per heavy atom. The normalized spacial score (nSPS) is 8.82. The molecule has 0 aliphatic carbocycles. The van der Waals surface area contributed by atoms with Crippen LogP contribution in [0, 0.1) is 0 Å². The number of rotatable bonds is 3. The Bertz CT molecular complexity index is 176. The van der Waals surface area contributed by atoms with Crippen molar-refractivity contribution in [2.75, 3.05) is 6.61 Å². The summed E-state index contributed by atoms with van der Waals surface area (Å²) in [5.41, 5.74) is 0. The van der Waals surface area contributed by atoms with Gasteiger partial charge in [0, 0.05) is 12.2 Å². The standard InChI is InChI=1S/C6H10O3.2C3H8O/c1-3-9-6(8)4-5(2)7;2*1-3(2)4/h3-4H2,1-2H3;2*3-4H,1-2H3. The van der Waals surface area contributed by atoms with E-state index in [0.717, 1.165) is 0 Å². The number of esters is 1. The molecule has 2 N–H and O–H groups in total. The average Bonchev–Trinajstić information content (AvgIpc) is 1.99. The molecular formula is C12H26O5. The Hall–Kier alpha value is -0.940. The molecule has 0 rings (SSSR count). The highest BCUT2D eigenvalue weighted by Gasteiger charge is 2.03. The fourth-order valence-corrected chi connectivity index (χ4v) is 0.415. The Morgan fingerprint density at radius 3 is 1.53 bits per heavy atom. The molecule has 5 nitrogen and oxygen atoms in total. The quantitative estimate of drug-likeness (QED) is 0.582. The lowest BCUT2D eigenvalue weighted by Gasteiger charge is -1.96. The summed E-state index contributed by atoms with van der Waals surface area (Å²) in [5, 5.41) is 16.1. The zero-order valence-electron chi connectivity index (χ0n) is 11.7. The molecular weight excluding hydrogens is 224 g/mol. The summed E-state index contributed by atoms with van der Waals surface area (Å²) < 4.78 is 4.49. The number of ether oxygens (including phenoxy) is 1. The Kier molecular flexibility index (Phi) is 18.9. The van der Waals surface area contributed by atoms with Gasteiger partial charge in [0.05, 0.1) is 6.61 Å². The van der Waals surface area contributed by atoms with Crippen LogP contribution in [0.15, 0.2) is 0 Å². The van der Waals surface area contributed by atoms with Crippen LogP contribution in [-0.4, -0.2) is 40.8 Å². The number of ketones is 1. The van der Waals surface area contributed by atoms with Crippen molar-refractivity contribution in [2.24, 2.45) is 0 Å². The van der Waals surface area contributed by atoms with Crippen molar-refractivity contribution in [1.29, 1.82) is 0 Å². The number of hydrogen-bond donors (Lipinski definition) is 2. The van der Waals surface area contributed by atoms with Gasteiger partial charge in [-0.05, 0) is 41.5 Å². The summed E-state index contributed by atoms with van der Waals surface area (Å²) >= 11 is 0. The lowest BCUT2D eigenvalue weighted by Crippen LogP contribution is -2.07. The number of Topliss-reactive ketones (excluding diaryl/α,β-unsaturated/α-hetero) is 1. The van der Waals surface area contributed by atoms with E-state index in [4.69, 9.17) is 10.2 Å². The number of aliphatic hydroxyl groups is 2. The van der Waals surface area contributed by atoms with Crippen LogP contribution in [0.3, 0.4) is 0 Å². The van der Waals surface area contributed by atoms with Gasteiger partial charge in [0.1, 0.15) is 12.2 Å². The molecule has 0 aromatic rings. The first-order valence-corrected chi connectivity index (χ1v) is 5.64. The fourth-order valence-electron chi connectivity index (χ4n) is 0.415. The molecule has 0 saturated heterocycles. The molecule has 0 heterocycles. The minimum Gasteiger partial charge on any atom is -0.466 e. The van der Waals surface area contributed by atoms with E-state index in [1.807, 2.05) is 0 Å². The second-order valence-electron chi connectivity index (χ2n) is 3.87. The molecule has 0 fully saturated rings. The van der Waals surface area contributed by atoms with Crippen molar-refractivity contribution in [3.8, 4) is 0 Å². The van der Waals surface area contributed by atoms with E-state index in [9.17, 15) is 9.59 Å². The topological polar surface area (TPSA) is 83.8 Å². The highest BCUT2D eigenvalue weighted by Crippen LogP contribution is 1.86. The van der Waals surface area contributed by atoms with Crippen LogP contribution in [0.25, 0.3) is 0 Å². The van der Waals surface area contributed by atoms with E-state index in [1.54, 1.807) is 34.6 Å². The van der Waals surface area contributed by atoms with Crippen LogP contribution in [0.4, 0.5) is 0 Å². The molecule has 0 saturated carbocycles. The van der Waals surface area contributed by atoms with Crippen LogP contribution in [0.5, 0.6) is 0 Å². The molecule has 5 heteroatoms. The molecule has 104 valence electrons. The van der Waals surface area contributed by atoms with Gasteiger partial charge in [0.15, 0.2) is 0 Å². The zero-order chi connectivity index (χ0) is 14.4. The third kappa shape index (κ3) is 69.9. The number of hydrogen-bond acceptors (Lipinski definition) is 5. The van der Waals surface area contributed by atoms with E-state index in [1.165, 1.54) is 6.92 Å². The van der Waals surface area contributed by atoms with Crippen LogP contribution in [0.2, 0.25) is 0 Å². The SMILES string of the molecule is CC(C)O.CC(C)O.CCOC(=O)CC(C)=O. The lowest BCUT2D eigenvalue weighted by molar-refractivity contribution is -0.145. The maximum absolute atomic E-state index is 10.4. The molecule has 0 bridgehead atoms. The number of carbonyl (C=O) groups excluding carboxylic acids is 2. The summed E-state index contributed by atoms with van der Waals surface area (Å²) in [4.78, 5) is 20.6. The van der Waals surface area contributed by atoms with Gasteiger partial charge in [-0.15, -0.1) is 0 Å².